The molecule has 5 heteroatoms. The van der Waals surface area contributed by atoms with E-state index in [1.807, 2.05) is 11.9 Å². The number of aliphatic hydroxyl groups is 1. The van der Waals surface area contributed by atoms with Gasteiger partial charge in [-0.05, 0) is 27.3 Å². The van der Waals surface area contributed by atoms with Crippen LogP contribution in [0.25, 0.3) is 0 Å². The van der Waals surface area contributed by atoms with E-state index in [0.29, 0.717) is 19.5 Å². The van der Waals surface area contributed by atoms with E-state index in [1.165, 1.54) is 6.26 Å². The summed E-state index contributed by atoms with van der Waals surface area (Å²) in [4.78, 5) is 1.92. The van der Waals surface area contributed by atoms with E-state index >= 15 is 0 Å². The molecule has 0 saturated carbocycles. The van der Waals surface area contributed by atoms with Crippen molar-refractivity contribution in [3.05, 3.63) is 0 Å². The molecule has 0 radical (unpaired) electrons. The second-order valence-electron chi connectivity index (χ2n) is 4.50. The quantitative estimate of drug-likeness (QED) is 0.695. The van der Waals surface area contributed by atoms with Crippen molar-refractivity contribution >= 4 is 9.84 Å². The van der Waals surface area contributed by atoms with Gasteiger partial charge in [-0.15, -0.1) is 0 Å². The van der Waals surface area contributed by atoms with Crippen LogP contribution in [0.5, 0.6) is 0 Å². The van der Waals surface area contributed by atoms with Gasteiger partial charge in [0.05, 0.1) is 11.4 Å². The van der Waals surface area contributed by atoms with Crippen molar-refractivity contribution in [2.45, 2.75) is 25.9 Å². The van der Waals surface area contributed by atoms with Crippen LogP contribution in [0.1, 0.15) is 20.3 Å². The Hall–Kier alpha value is -0.130. The molecule has 0 amide bonds. The highest BCUT2D eigenvalue weighted by atomic mass is 32.2. The minimum atomic E-state index is -2.88. The summed E-state index contributed by atoms with van der Waals surface area (Å²) in [5.41, 5.74) is -0.681. The maximum absolute atomic E-state index is 10.9. The summed E-state index contributed by atoms with van der Waals surface area (Å²) in [6.45, 7) is 4.72. The summed E-state index contributed by atoms with van der Waals surface area (Å²) in [5.74, 6) is 0.176. The van der Waals surface area contributed by atoms with E-state index in [0.717, 1.165) is 0 Å². The van der Waals surface area contributed by atoms with Gasteiger partial charge in [-0.3, -0.25) is 0 Å². The molecule has 0 aromatic heterocycles. The Morgan fingerprint density at radius 3 is 2.14 bits per heavy atom. The molecule has 0 aliphatic carbocycles. The molecule has 0 atom stereocenters. The topological polar surface area (TPSA) is 57.6 Å². The molecule has 0 saturated heterocycles. The van der Waals surface area contributed by atoms with Crippen LogP contribution in [0.3, 0.4) is 0 Å². The average molecular weight is 223 g/mol. The second-order valence-corrected chi connectivity index (χ2v) is 6.76. The fourth-order valence-corrected chi connectivity index (χ4v) is 1.54. The molecular weight excluding hydrogens is 202 g/mol. The summed E-state index contributed by atoms with van der Waals surface area (Å²) < 4.78 is 21.7. The first kappa shape index (κ1) is 13.9. The zero-order chi connectivity index (χ0) is 11.4. The molecule has 0 heterocycles. The minimum Gasteiger partial charge on any atom is -0.390 e. The van der Waals surface area contributed by atoms with Gasteiger partial charge in [-0.2, -0.15) is 0 Å². The molecule has 0 fully saturated rings. The minimum absolute atomic E-state index is 0.176. The van der Waals surface area contributed by atoms with Gasteiger partial charge in [-0.1, -0.05) is 0 Å². The molecule has 0 spiro atoms. The first-order chi connectivity index (χ1) is 6.10. The SMILES string of the molecule is CN(CCC(C)(C)O)CCS(C)(=O)=O. The first-order valence-electron chi connectivity index (χ1n) is 4.69. The number of rotatable bonds is 6. The normalized spacial score (nSPS) is 13.6. The number of hydrogen-bond donors (Lipinski definition) is 1. The first-order valence-corrected chi connectivity index (χ1v) is 6.75. The number of nitrogens with zero attached hydrogens (tertiary/aromatic N) is 1. The van der Waals surface area contributed by atoms with Gasteiger partial charge < -0.3 is 10.0 Å². The third-order valence-corrected chi connectivity index (χ3v) is 2.87. The molecule has 14 heavy (non-hydrogen) atoms. The lowest BCUT2D eigenvalue weighted by atomic mass is 10.1. The van der Waals surface area contributed by atoms with Crippen LogP contribution in [-0.2, 0) is 9.84 Å². The van der Waals surface area contributed by atoms with E-state index in [4.69, 9.17) is 0 Å². The summed E-state index contributed by atoms with van der Waals surface area (Å²) in [7, 11) is -1.02. The van der Waals surface area contributed by atoms with Crippen molar-refractivity contribution in [2.24, 2.45) is 0 Å². The van der Waals surface area contributed by atoms with Crippen LogP contribution in [0, 0.1) is 0 Å². The molecule has 0 bridgehead atoms. The lowest BCUT2D eigenvalue weighted by molar-refractivity contribution is 0.0614. The molecule has 0 aromatic rings. The third-order valence-electron chi connectivity index (χ3n) is 1.95. The third kappa shape index (κ3) is 9.95. The van der Waals surface area contributed by atoms with E-state index in [-0.39, 0.29) is 5.75 Å². The Bertz CT molecular complexity index is 254. The van der Waals surface area contributed by atoms with Crippen LogP contribution < -0.4 is 0 Å². The largest absolute Gasteiger partial charge is 0.390 e. The molecule has 0 rings (SSSR count). The van der Waals surface area contributed by atoms with Crippen LogP contribution in [0.15, 0.2) is 0 Å². The van der Waals surface area contributed by atoms with Gasteiger partial charge in [0.1, 0.15) is 9.84 Å². The van der Waals surface area contributed by atoms with E-state index in [9.17, 15) is 13.5 Å². The Morgan fingerprint density at radius 1 is 1.29 bits per heavy atom. The summed E-state index contributed by atoms with van der Waals surface area (Å²) >= 11 is 0. The van der Waals surface area contributed by atoms with Crippen LogP contribution in [0.4, 0.5) is 0 Å². The second kappa shape index (κ2) is 5.09. The average Bonchev–Trinajstić information content (AvgIpc) is 1.94. The fraction of sp³-hybridized carbons (Fsp3) is 1.00. The van der Waals surface area contributed by atoms with Gasteiger partial charge in [0, 0.05) is 19.3 Å². The fourth-order valence-electron chi connectivity index (χ4n) is 0.898. The molecular formula is C9H21NO3S. The molecule has 4 nitrogen and oxygen atoms in total. The Kier molecular flexibility index (Phi) is 5.05. The van der Waals surface area contributed by atoms with Gasteiger partial charge in [0.2, 0.25) is 0 Å². The van der Waals surface area contributed by atoms with Gasteiger partial charge in [-0.25, -0.2) is 8.42 Å². The highest BCUT2D eigenvalue weighted by Gasteiger charge is 2.13. The lowest BCUT2D eigenvalue weighted by Gasteiger charge is -2.22. The number of hydrogen-bond acceptors (Lipinski definition) is 4. The summed E-state index contributed by atoms with van der Waals surface area (Å²) in [5, 5.41) is 9.45. The molecule has 86 valence electrons. The highest BCUT2D eigenvalue weighted by molar-refractivity contribution is 7.90. The van der Waals surface area contributed by atoms with Crippen molar-refractivity contribution in [1.82, 2.24) is 4.90 Å². The molecule has 0 unspecified atom stereocenters. The summed E-state index contributed by atoms with van der Waals surface area (Å²) in [6, 6.07) is 0. The predicted molar refractivity (Wildman–Crippen MR) is 58.1 cm³/mol. The van der Waals surface area contributed by atoms with E-state index < -0.39 is 15.4 Å². The lowest BCUT2D eigenvalue weighted by Crippen LogP contribution is -2.31. The highest BCUT2D eigenvalue weighted by Crippen LogP contribution is 2.07. The van der Waals surface area contributed by atoms with Crippen molar-refractivity contribution in [3.63, 3.8) is 0 Å². The zero-order valence-electron chi connectivity index (χ0n) is 9.45. The molecule has 1 N–H and O–H groups in total. The van der Waals surface area contributed by atoms with Gasteiger partial charge >= 0.3 is 0 Å². The summed E-state index contributed by atoms with van der Waals surface area (Å²) in [6.07, 6.45) is 1.88. The monoisotopic (exact) mass is 223 g/mol. The Morgan fingerprint density at radius 2 is 1.79 bits per heavy atom. The molecule has 0 aromatic carbocycles. The van der Waals surface area contributed by atoms with E-state index in [1.54, 1.807) is 13.8 Å². The van der Waals surface area contributed by atoms with E-state index in [2.05, 4.69) is 0 Å². The van der Waals surface area contributed by atoms with Gasteiger partial charge in [0.15, 0.2) is 0 Å². The van der Waals surface area contributed by atoms with Crippen LogP contribution in [0.2, 0.25) is 0 Å². The van der Waals surface area contributed by atoms with Crippen molar-refractivity contribution in [3.8, 4) is 0 Å². The standard InChI is InChI=1S/C9H21NO3S/c1-9(2,11)5-6-10(3)7-8-14(4,12)13/h11H,5-8H2,1-4H3. The smallest absolute Gasteiger partial charge is 0.148 e. The Balaban J connectivity index is 3.73. The van der Waals surface area contributed by atoms with Gasteiger partial charge in [0.25, 0.3) is 0 Å². The molecule has 0 aliphatic heterocycles. The Labute approximate surface area is 86.8 Å². The maximum Gasteiger partial charge on any atom is 0.148 e. The van der Waals surface area contributed by atoms with Crippen molar-refractivity contribution in [2.75, 3.05) is 32.1 Å². The van der Waals surface area contributed by atoms with Crippen molar-refractivity contribution < 1.29 is 13.5 Å². The number of sulfone groups is 1. The maximum atomic E-state index is 10.9. The van der Waals surface area contributed by atoms with Crippen LogP contribution in [-0.4, -0.2) is 56.2 Å². The van der Waals surface area contributed by atoms with Crippen molar-refractivity contribution in [1.29, 1.82) is 0 Å². The van der Waals surface area contributed by atoms with Crippen LogP contribution >= 0.6 is 0 Å². The zero-order valence-corrected chi connectivity index (χ0v) is 10.3. The predicted octanol–water partition coefficient (Wildman–Crippen LogP) is 0.124. The molecule has 0 aliphatic rings.